The Morgan fingerprint density at radius 2 is 2.10 bits per heavy atom. The number of ether oxygens (including phenoxy) is 2. The van der Waals surface area contributed by atoms with Gasteiger partial charge in [0.25, 0.3) is 11.1 Å². The van der Waals surface area contributed by atoms with E-state index in [2.05, 4.69) is 4.74 Å². The van der Waals surface area contributed by atoms with Crippen LogP contribution in [0.25, 0.3) is 6.08 Å². The molecule has 1 aromatic carbocycles. The van der Waals surface area contributed by atoms with Crippen LogP contribution < -0.4 is 4.74 Å². The van der Waals surface area contributed by atoms with Crippen LogP contribution in [-0.4, -0.2) is 42.8 Å². The molecule has 1 aliphatic heterocycles. The second-order valence-electron chi connectivity index (χ2n) is 4.12. The maximum absolute atomic E-state index is 12.1. The number of esters is 1. The third kappa shape index (κ3) is 3.43. The number of imide groups is 1. The lowest BCUT2D eigenvalue weighted by Crippen LogP contribution is -2.34. The third-order valence-corrected chi connectivity index (χ3v) is 3.69. The molecule has 0 N–H and O–H groups in total. The first-order chi connectivity index (χ1) is 10.0. The second-order valence-corrected chi connectivity index (χ2v) is 5.11. The van der Waals surface area contributed by atoms with E-state index in [0.29, 0.717) is 5.75 Å². The van der Waals surface area contributed by atoms with Crippen molar-refractivity contribution >= 4 is 35.0 Å². The van der Waals surface area contributed by atoms with E-state index in [4.69, 9.17) is 4.74 Å². The largest absolute Gasteiger partial charge is 0.497 e. The van der Waals surface area contributed by atoms with E-state index >= 15 is 0 Å². The Bertz CT molecular complexity index is 626. The fourth-order valence-electron chi connectivity index (χ4n) is 1.71. The first-order valence-electron chi connectivity index (χ1n) is 6.01. The molecule has 0 radical (unpaired) electrons. The zero-order chi connectivity index (χ0) is 15.4. The highest BCUT2D eigenvalue weighted by Crippen LogP contribution is 2.32. The van der Waals surface area contributed by atoms with Crippen LogP contribution in [0.2, 0.25) is 0 Å². The number of hydrogen-bond donors (Lipinski definition) is 0. The van der Waals surface area contributed by atoms with Crippen molar-refractivity contribution in [3.8, 4) is 5.75 Å². The molecule has 1 saturated heterocycles. The highest BCUT2D eigenvalue weighted by atomic mass is 32.2. The maximum Gasteiger partial charge on any atom is 0.325 e. The number of rotatable bonds is 4. The zero-order valence-corrected chi connectivity index (χ0v) is 12.3. The predicted octanol–water partition coefficient (Wildman–Crippen LogP) is 1.90. The normalized spacial score (nSPS) is 16.5. The molecule has 2 rings (SSSR count). The number of carbonyl (C=O) groups excluding carboxylic acids is 3. The minimum absolute atomic E-state index is 0.261. The number of thioether (sulfide) groups is 1. The van der Waals surface area contributed by atoms with Crippen molar-refractivity contribution in [3.63, 3.8) is 0 Å². The van der Waals surface area contributed by atoms with Crippen molar-refractivity contribution < 1.29 is 23.9 Å². The Morgan fingerprint density at radius 3 is 2.76 bits per heavy atom. The summed E-state index contributed by atoms with van der Waals surface area (Å²) in [4.78, 5) is 36.2. The number of methoxy groups -OCH3 is 2. The summed E-state index contributed by atoms with van der Waals surface area (Å²) in [5.41, 5.74) is 0.734. The lowest BCUT2D eigenvalue weighted by atomic mass is 10.2. The summed E-state index contributed by atoms with van der Waals surface area (Å²) in [7, 11) is 2.75. The van der Waals surface area contributed by atoms with Gasteiger partial charge in [-0.15, -0.1) is 0 Å². The fraction of sp³-hybridized carbons (Fsp3) is 0.214. The Labute approximate surface area is 125 Å². The van der Waals surface area contributed by atoms with Gasteiger partial charge in [0, 0.05) is 0 Å². The van der Waals surface area contributed by atoms with Crippen LogP contribution in [0.4, 0.5) is 4.79 Å². The molecule has 0 spiro atoms. The molecule has 0 bridgehead atoms. The van der Waals surface area contributed by atoms with Gasteiger partial charge in [-0.1, -0.05) is 12.1 Å². The number of carbonyl (C=O) groups is 3. The van der Waals surface area contributed by atoms with Crippen molar-refractivity contribution in [2.75, 3.05) is 20.8 Å². The SMILES string of the molecule is COC(=O)CN1C(=O)S/C(=C\c2cccc(OC)c2)C1=O. The number of hydrogen-bond acceptors (Lipinski definition) is 6. The van der Waals surface area contributed by atoms with Gasteiger partial charge in [0.1, 0.15) is 12.3 Å². The van der Waals surface area contributed by atoms with Crippen LogP contribution in [0.15, 0.2) is 29.2 Å². The molecule has 110 valence electrons. The van der Waals surface area contributed by atoms with E-state index in [9.17, 15) is 14.4 Å². The summed E-state index contributed by atoms with van der Waals surface area (Å²) in [6, 6.07) is 7.09. The fourth-order valence-corrected chi connectivity index (χ4v) is 2.55. The van der Waals surface area contributed by atoms with Crippen LogP contribution in [0.5, 0.6) is 5.75 Å². The van der Waals surface area contributed by atoms with Crippen LogP contribution in [-0.2, 0) is 14.3 Å². The van der Waals surface area contributed by atoms with E-state index in [1.807, 2.05) is 0 Å². The molecule has 0 aromatic heterocycles. The lowest BCUT2D eigenvalue weighted by molar-refractivity contribution is -0.143. The zero-order valence-electron chi connectivity index (χ0n) is 11.5. The summed E-state index contributed by atoms with van der Waals surface area (Å²) in [6.07, 6.45) is 1.59. The summed E-state index contributed by atoms with van der Waals surface area (Å²) < 4.78 is 9.56. The summed E-state index contributed by atoms with van der Waals surface area (Å²) >= 11 is 0.793. The predicted molar refractivity (Wildman–Crippen MR) is 77.7 cm³/mol. The minimum atomic E-state index is -0.639. The molecular weight excluding hydrogens is 294 g/mol. The highest BCUT2D eigenvalue weighted by molar-refractivity contribution is 8.18. The first-order valence-corrected chi connectivity index (χ1v) is 6.83. The monoisotopic (exact) mass is 307 g/mol. The topological polar surface area (TPSA) is 72.9 Å². The van der Waals surface area contributed by atoms with Gasteiger partial charge in [-0.2, -0.15) is 0 Å². The van der Waals surface area contributed by atoms with E-state index in [1.54, 1.807) is 37.5 Å². The molecule has 2 amide bonds. The van der Waals surface area contributed by atoms with Gasteiger partial charge >= 0.3 is 5.97 Å². The molecule has 1 heterocycles. The van der Waals surface area contributed by atoms with Gasteiger partial charge in [-0.05, 0) is 35.5 Å². The van der Waals surface area contributed by atoms with Crippen molar-refractivity contribution in [2.45, 2.75) is 0 Å². The molecular formula is C14H13NO5S. The van der Waals surface area contributed by atoms with Crippen LogP contribution >= 0.6 is 11.8 Å². The Balaban J connectivity index is 2.21. The van der Waals surface area contributed by atoms with Gasteiger partial charge in [-0.3, -0.25) is 19.3 Å². The Kier molecular flexibility index (Phi) is 4.64. The average molecular weight is 307 g/mol. The third-order valence-electron chi connectivity index (χ3n) is 2.78. The standard InChI is InChI=1S/C14H13NO5S/c1-19-10-5-3-4-9(6-10)7-11-13(17)15(14(18)21-11)8-12(16)20-2/h3-7H,8H2,1-2H3/b11-7-. The quantitative estimate of drug-likeness (QED) is 0.625. The van der Waals surface area contributed by atoms with Crippen LogP contribution in [0.3, 0.4) is 0 Å². The highest BCUT2D eigenvalue weighted by Gasteiger charge is 2.36. The summed E-state index contributed by atoms with van der Waals surface area (Å²) in [5.74, 6) is -0.490. The van der Waals surface area contributed by atoms with E-state index in [0.717, 1.165) is 22.2 Å². The number of benzene rings is 1. The maximum atomic E-state index is 12.1. The van der Waals surface area contributed by atoms with E-state index < -0.39 is 17.1 Å². The molecule has 6 nitrogen and oxygen atoms in total. The van der Waals surface area contributed by atoms with Crippen molar-refractivity contribution in [3.05, 3.63) is 34.7 Å². The minimum Gasteiger partial charge on any atom is -0.497 e. The second kappa shape index (κ2) is 6.45. The van der Waals surface area contributed by atoms with E-state index in [-0.39, 0.29) is 11.4 Å². The van der Waals surface area contributed by atoms with Gasteiger partial charge in [-0.25, -0.2) is 0 Å². The Hall–Kier alpha value is -2.28. The Morgan fingerprint density at radius 1 is 1.33 bits per heavy atom. The summed E-state index contributed by atoms with van der Waals surface area (Å²) in [6.45, 7) is -0.378. The molecule has 0 atom stereocenters. The smallest absolute Gasteiger partial charge is 0.325 e. The van der Waals surface area contributed by atoms with Crippen molar-refractivity contribution in [1.82, 2.24) is 4.90 Å². The molecule has 7 heteroatoms. The first kappa shape index (κ1) is 15.1. The van der Waals surface area contributed by atoms with Gasteiger partial charge in [0.15, 0.2) is 0 Å². The molecule has 0 unspecified atom stereocenters. The molecule has 0 aliphatic carbocycles. The van der Waals surface area contributed by atoms with E-state index in [1.165, 1.54) is 7.11 Å². The molecule has 21 heavy (non-hydrogen) atoms. The summed E-state index contributed by atoms with van der Waals surface area (Å²) in [5, 5.41) is -0.487. The van der Waals surface area contributed by atoms with Gasteiger partial charge in [0.2, 0.25) is 0 Å². The number of nitrogens with zero attached hydrogens (tertiary/aromatic N) is 1. The average Bonchev–Trinajstić information content (AvgIpc) is 2.75. The molecule has 1 aliphatic rings. The molecule has 0 saturated carbocycles. The van der Waals surface area contributed by atoms with Crippen molar-refractivity contribution in [2.24, 2.45) is 0 Å². The molecule has 1 aromatic rings. The number of amides is 2. The van der Waals surface area contributed by atoms with Crippen molar-refractivity contribution in [1.29, 1.82) is 0 Å². The van der Waals surface area contributed by atoms with Gasteiger partial charge in [0.05, 0.1) is 19.1 Å². The van der Waals surface area contributed by atoms with Crippen LogP contribution in [0.1, 0.15) is 5.56 Å². The molecule has 1 fully saturated rings. The lowest BCUT2D eigenvalue weighted by Gasteiger charge is -2.09. The van der Waals surface area contributed by atoms with Crippen LogP contribution in [0, 0.1) is 0 Å². The van der Waals surface area contributed by atoms with Gasteiger partial charge < -0.3 is 9.47 Å².